The summed E-state index contributed by atoms with van der Waals surface area (Å²) in [7, 11) is 1.86. The zero-order valence-electron chi connectivity index (χ0n) is 19.6. The van der Waals surface area contributed by atoms with Gasteiger partial charge in [-0.15, -0.1) is 0 Å². The number of piperidine rings is 2. The topological polar surface area (TPSA) is 82.0 Å². The van der Waals surface area contributed by atoms with Gasteiger partial charge in [0.1, 0.15) is 0 Å². The third kappa shape index (κ3) is 4.67. The highest BCUT2D eigenvalue weighted by molar-refractivity contribution is 5.97. The zero-order valence-corrected chi connectivity index (χ0v) is 19.6. The summed E-state index contributed by atoms with van der Waals surface area (Å²) in [6.07, 6.45) is 6.97. The normalized spacial score (nSPS) is 23.8. The summed E-state index contributed by atoms with van der Waals surface area (Å²) in [5, 5.41) is 4.20. The first-order valence-electron chi connectivity index (χ1n) is 12.0. The summed E-state index contributed by atoms with van der Waals surface area (Å²) < 4.78 is 1.72. The Bertz CT molecular complexity index is 837. The van der Waals surface area contributed by atoms with Crippen LogP contribution in [0.3, 0.4) is 0 Å². The van der Waals surface area contributed by atoms with Crippen LogP contribution in [0.2, 0.25) is 0 Å². The van der Waals surface area contributed by atoms with Gasteiger partial charge in [-0.05, 0) is 25.7 Å². The molecule has 3 aliphatic heterocycles. The molecular weight excluding hydrogens is 408 g/mol. The molecule has 4 heterocycles. The fourth-order valence-corrected chi connectivity index (χ4v) is 5.22. The predicted molar refractivity (Wildman–Crippen MR) is 121 cm³/mol. The van der Waals surface area contributed by atoms with E-state index >= 15 is 0 Å². The summed E-state index contributed by atoms with van der Waals surface area (Å²) >= 11 is 0. The van der Waals surface area contributed by atoms with Crippen molar-refractivity contribution in [2.24, 2.45) is 18.9 Å². The molecule has 0 N–H and O–H groups in total. The van der Waals surface area contributed by atoms with E-state index < -0.39 is 0 Å². The van der Waals surface area contributed by atoms with Gasteiger partial charge < -0.3 is 14.7 Å². The van der Waals surface area contributed by atoms with E-state index in [9.17, 15) is 14.4 Å². The van der Waals surface area contributed by atoms with Crippen LogP contribution in [-0.2, 0) is 21.4 Å². The standard InChI is InChI=1S/C23H36N6O3/c1-17(2)21(30)27-9-6-18(7-10-27)22(31)28-13-11-26(12-14-28)20-5-4-8-29(23(20)32)19-15-24-25(3)16-19/h15-18,20H,4-14H2,1-3H3/t20-/m1/s1. The van der Waals surface area contributed by atoms with Crippen molar-refractivity contribution in [3.63, 3.8) is 0 Å². The second kappa shape index (κ2) is 9.60. The number of aryl methyl sites for hydroxylation is 1. The zero-order chi connectivity index (χ0) is 22.8. The Labute approximate surface area is 190 Å². The molecule has 1 aromatic rings. The molecule has 9 nitrogen and oxygen atoms in total. The first kappa shape index (κ1) is 22.8. The molecule has 4 rings (SSSR count). The minimum atomic E-state index is -0.119. The van der Waals surface area contributed by atoms with E-state index in [1.807, 2.05) is 41.8 Å². The van der Waals surface area contributed by atoms with E-state index in [4.69, 9.17) is 0 Å². The Hall–Kier alpha value is -2.42. The molecule has 32 heavy (non-hydrogen) atoms. The van der Waals surface area contributed by atoms with Crippen LogP contribution in [0.1, 0.15) is 39.5 Å². The Morgan fingerprint density at radius 1 is 0.969 bits per heavy atom. The van der Waals surface area contributed by atoms with Crippen molar-refractivity contribution in [3.8, 4) is 0 Å². The number of hydrogen-bond acceptors (Lipinski definition) is 5. The van der Waals surface area contributed by atoms with E-state index in [-0.39, 0.29) is 35.6 Å². The van der Waals surface area contributed by atoms with E-state index in [1.54, 1.807) is 10.9 Å². The minimum Gasteiger partial charge on any atom is -0.342 e. The summed E-state index contributed by atoms with van der Waals surface area (Å²) in [6, 6.07) is -0.119. The number of likely N-dealkylation sites (tertiary alicyclic amines) is 1. The van der Waals surface area contributed by atoms with Crippen molar-refractivity contribution in [1.29, 1.82) is 0 Å². The van der Waals surface area contributed by atoms with E-state index in [0.717, 1.165) is 51.0 Å². The number of carbonyl (C=O) groups excluding carboxylic acids is 3. The minimum absolute atomic E-state index is 0.00639. The fourth-order valence-electron chi connectivity index (χ4n) is 5.22. The van der Waals surface area contributed by atoms with Crippen LogP contribution in [0, 0.1) is 11.8 Å². The van der Waals surface area contributed by atoms with Gasteiger partial charge >= 0.3 is 0 Å². The van der Waals surface area contributed by atoms with Crippen LogP contribution < -0.4 is 4.90 Å². The highest BCUT2D eigenvalue weighted by Gasteiger charge is 2.37. The molecule has 1 atom stereocenters. The van der Waals surface area contributed by atoms with E-state index in [2.05, 4.69) is 10.00 Å². The lowest BCUT2D eigenvalue weighted by atomic mass is 9.94. The first-order valence-corrected chi connectivity index (χ1v) is 12.0. The Kier molecular flexibility index (Phi) is 6.83. The third-order valence-corrected chi connectivity index (χ3v) is 7.13. The van der Waals surface area contributed by atoms with Gasteiger partial charge in [-0.25, -0.2) is 0 Å². The van der Waals surface area contributed by atoms with Gasteiger partial charge in [-0.3, -0.25) is 24.0 Å². The van der Waals surface area contributed by atoms with Crippen LogP contribution in [0.25, 0.3) is 0 Å². The van der Waals surface area contributed by atoms with Crippen LogP contribution in [0.5, 0.6) is 0 Å². The Balaban J connectivity index is 1.28. The SMILES string of the molecule is CC(C)C(=O)N1CCC(C(=O)N2CCN([C@@H]3CCCN(c4cnn(C)c4)C3=O)CC2)CC1. The Morgan fingerprint density at radius 2 is 1.66 bits per heavy atom. The van der Waals surface area contributed by atoms with Crippen molar-refractivity contribution >= 4 is 23.4 Å². The van der Waals surface area contributed by atoms with Crippen molar-refractivity contribution in [1.82, 2.24) is 24.5 Å². The highest BCUT2D eigenvalue weighted by Crippen LogP contribution is 2.26. The third-order valence-electron chi connectivity index (χ3n) is 7.13. The molecule has 9 heteroatoms. The van der Waals surface area contributed by atoms with Crippen LogP contribution in [0.4, 0.5) is 5.69 Å². The molecule has 3 fully saturated rings. The number of rotatable bonds is 4. The van der Waals surface area contributed by atoms with Gasteiger partial charge in [0.2, 0.25) is 17.7 Å². The number of piperazine rings is 1. The summed E-state index contributed by atoms with van der Waals surface area (Å²) in [5.74, 6) is 0.559. The molecule has 0 aliphatic carbocycles. The van der Waals surface area contributed by atoms with Crippen LogP contribution in [0.15, 0.2) is 12.4 Å². The summed E-state index contributed by atoms with van der Waals surface area (Å²) in [6.45, 7) is 8.72. The lowest BCUT2D eigenvalue weighted by Gasteiger charge is -2.43. The molecule has 0 spiro atoms. The van der Waals surface area contributed by atoms with Gasteiger partial charge in [0.25, 0.3) is 0 Å². The van der Waals surface area contributed by atoms with E-state index in [1.165, 1.54) is 0 Å². The average Bonchev–Trinajstić information content (AvgIpc) is 3.24. The largest absolute Gasteiger partial charge is 0.342 e. The van der Waals surface area contributed by atoms with Gasteiger partial charge in [0, 0.05) is 70.9 Å². The maximum absolute atomic E-state index is 13.2. The maximum Gasteiger partial charge on any atom is 0.244 e. The fraction of sp³-hybridized carbons (Fsp3) is 0.739. The quantitative estimate of drug-likeness (QED) is 0.691. The molecule has 0 saturated carbocycles. The molecule has 0 aromatic carbocycles. The predicted octanol–water partition coefficient (Wildman–Crippen LogP) is 0.954. The molecule has 3 amide bonds. The molecular formula is C23H36N6O3. The van der Waals surface area contributed by atoms with Gasteiger partial charge in [-0.1, -0.05) is 13.8 Å². The van der Waals surface area contributed by atoms with Crippen molar-refractivity contribution in [2.45, 2.75) is 45.6 Å². The molecule has 0 bridgehead atoms. The molecule has 0 unspecified atom stereocenters. The number of anilines is 1. The number of carbonyl (C=O) groups is 3. The van der Waals surface area contributed by atoms with Crippen molar-refractivity contribution < 1.29 is 14.4 Å². The number of nitrogens with zero attached hydrogens (tertiary/aromatic N) is 6. The molecule has 176 valence electrons. The average molecular weight is 445 g/mol. The monoisotopic (exact) mass is 444 g/mol. The second-order valence-electron chi connectivity index (χ2n) is 9.64. The molecule has 3 saturated heterocycles. The maximum atomic E-state index is 13.2. The number of hydrogen-bond donors (Lipinski definition) is 0. The van der Waals surface area contributed by atoms with E-state index in [0.29, 0.717) is 26.2 Å². The second-order valence-corrected chi connectivity index (χ2v) is 9.64. The van der Waals surface area contributed by atoms with Gasteiger partial charge in [-0.2, -0.15) is 5.10 Å². The highest BCUT2D eigenvalue weighted by atomic mass is 16.2. The lowest BCUT2D eigenvalue weighted by molar-refractivity contribution is -0.143. The van der Waals surface area contributed by atoms with Crippen LogP contribution >= 0.6 is 0 Å². The van der Waals surface area contributed by atoms with Gasteiger partial charge in [0.15, 0.2) is 0 Å². The lowest BCUT2D eigenvalue weighted by Crippen LogP contribution is -2.59. The van der Waals surface area contributed by atoms with Gasteiger partial charge in [0.05, 0.1) is 17.9 Å². The molecule has 0 radical (unpaired) electrons. The molecule has 3 aliphatic rings. The Morgan fingerprint density at radius 3 is 2.25 bits per heavy atom. The van der Waals surface area contributed by atoms with Crippen LogP contribution in [-0.4, -0.2) is 94.1 Å². The smallest absolute Gasteiger partial charge is 0.244 e. The van der Waals surface area contributed by atoms with Crippen molar-refractivity contribution in [2.75, 3.05) is 50.7 Å². The number of amides is 3. The number of aromatic nitrogens is 2. The molecule has 1 aromatic heterocycles. The summed E-state index contributed by atoms with van der Waals surface area (Å²) in [4.78, 5) is 46.4. The first-order chi connectivity index (χ1) is 15.3. The summed E-state index contributed by atoms with van der Waals surface area (Å²) in [5.41, 5.74) is 0.860. The van der Waals surface area contributed by atoms with Crippen molar-refractivity contribution in [3.05, 3.63) is 12.4 Å².